The summed E-state index contributed by atoms with van der Waals surface area (Å²) in [6, 6.07) is 7.30. The van der Waals surface area contributed by atoms with Gasteiger partial charge in [-0.05, 0) is 12.1 Å². The SMILES string of the molecule is O=C(CCS(=O)(=O)N1CCOCC1)NCCn1c(=O)[nH]c2ccccc21. The number of H-pyrrole nitrogens is 1. The molecule has 2 aromatic rings. The molecule has 0 aliphatic carbocycles. The molecule has 10 heteroatoms. The summed E-state index contributed by atoms with van der Waals surface area (Å²) in [5, 5.41) is 2.67. The maximum absolute atomic E-state index is 12.2. The molecule has 1 aliphatic rings. The molecule has 2 heterocycles. The molecular formula is C16H22N4O5S. The molecule has 0 atom stereocenters. The van der Waals surface area contributed by atoms with Crippen LogP contribution in [0.5, 0.6) is 0 Å². The summed E-state index contributed by atoms with van der Waals surface area (Å²) in [4.78, 5) is 26.6. The van der Waals surface area contributed by atoms with E-state index in [1.807, 2.05) is 24.3 Å². The van der Waals surface area contributed by atoms with Crippen molar-refractivity contribution in [2.75, 3.05) is 38.6 Å². The van der Waals surface area contributed by atoms with Gasteiger partial charge in [-0.25, -0.2) is 13.2 Å². The third-order valence-electron chi connectivity index (χ3n) is 4.29. The molecule has 0 saturated carbocycles. The minimum Gasteiger partial charge on any atom is -0.379 e. The number of ether oxygens (including phenoxy) is 1. The lowest BCUT2D eigenvalue weighted by Crippen LogP contribution is -2.42. The largest absolute Gasteiger partial charge is 0.379 e. The van der Waals surface area contributed by atoms with Crippen LogP contribution in [-0.2, 0) is 26.1 Å². The van der Waals surface area contributed by atoms with Crippen LogP contribution in [0.15, 0.2) is 29.1 Å². The van der Waals surface area contributed by atoms with E-state index < -0.39 is 10.0 Å². The molecule has 3 rings (SSSR count). The number of sulfonamides is 1. The lowest BCUT2D eigenvalue weighted by Gasteiger charge is -2.25. The first-order valence-corrected chi connectivity index (χ1v) is 10.1. The first-order chi connectivity index (χ1) is 12.5. The second-order valence-corrected chi connectivity index (χ2v) is 8.11. The zero-order valence-corrected chi connectivity index (χ0v) is 15.1. The van der Waals surface area contributed by atoms with Gasteiger partial charge in [0.05, 0.1) is 30.0 Å². The number of carbonyl (C=O) groups is 1. The van der Waals surface area contributed by atoms with E-state index in [9.17, 15) is 18.0 Å². The Labute approximate surface area is 151 Å². The maximum atomic E-state index is 12.2. The van der Waals surface area contributed by atoms with E-state index in [1.54, 1.807) is 4.57 Å². The molecule has 1 amide bonds. The van der Waals surface area contributed by atoms with E-state index >= 15 is 0 Å². The van der Waals surface area contributed by atoms with Crippen molar-refractivity contribution < 1.29 is 17.9 Å². The molecule has 0 unspecified atom stereocenters. The zero-order valence-electron chi connectivity index (χ0n) is 14.3. The number of aromatic nitrogens is 2. The lowest BCUT2D eigenvalue weighted by molar-refractivity contribution is -0.120. The summed E-state index contributed by atoms with van der Waals surface area (Å²) in [5.41, 5.74) is 1.26. The van der Waals surface area contributed by atoms with E-state index in [0.717, 1.165) is 11.0 Å². The van der Waals surface area contributed by atoms with Crippen LogP contribution in [0.2, 0.25) is 0 Å². The Morgan fingerprint density at radius 2 is 1.96 bits per heavy atom. The van der Waals surface area contributed by atoms with Crippen LogP contribution in [0, 0.1) is 0 Å². The highest BCUT2D eigenvalue weighted by Gasteiger charge is 2.24. The van der Waals surface area contributed by atoms with Gasteiger partial charge in [-0.15, -0.1) is 0 Å². The zero-order chi connectivity index (χ0) is 18.6. The molecule has 9 nitrogen and oxygen atoms in total. The highest BCUT2D eigenvalue weighted by Crippen LogP contribution is 2.09. The highest BCUT2D eigenvalue weighted by molar-refractivity contribution is 7.89. The van der Waals surface area contributed by atoms with Gasteiger partial charge >= 0.3 is 5.69 Å². The van der Waals surface area contributed by atoms with Crippen molar-refractivity contribution in [3.05, 3.63) is 34.7 Å². The van der Waals surface area contributed by atoms with Crippen LogP contribution >= 0.6 is 0 Å². The van der Waals surface area contributed by atoms with Crippen molar-refractivity contribution in [2.45, 2.75) is 13.0 Å². The molecule has 26 heavy (non-hydrogen) atoms. The number of benzene rings is 1. The number of para-hydroxylation sites is 2. The Morgan fingerprint density at radius 1 is 1.23 bits per heavy atom. The van der Waals surface area contributed by atoms with Crippen LogP contribution in [0.1, 0.15) is 6.42 Å². The van der Waals surface area contributed by atoms with Gasteiger partial charge in [-0.1, -0.05) is 12.1 Å². The highest BCUT2D eigenvalue weighted by atomic mass is 32.2. The first kappa shape index (κ1) is 18.6. The molecule has 0 bridgehead atoms. The number of aromatic amines is 1. The van der Waals surface area contributed by atoms with Crippen molar-refractivity contribution in [1.29, 1.82) is 0 Å². The van der Waals surface area contributed by atoms with Crippen LogP contribution in [0.3, 0.4) is 0 Å². The average molecular weight is 382 g/mol. The van der Waals surface area contributed by atoms with Crippen LogP contribution in [0.25, 0.3) is 11.0 Å². The number of nitrogens with one attached hydrogen (secondary N) is 2. The number of imidazole rings is 1. The molecular weight excluding hydrogens is 360 g/mol. The number of amides is 1. The van der Waals surface area contributed by atoms with Crippen molar-refractivity contribution >= 4 is 27.0 Å². The van der Waals surface area contributed by atoms with Gasteiger partial charge in [-0.3, -0.25) is 9.36 Å². The van der Waals surface area contributed by atoms with Gasteiger partial charge in [0.25, 0.3) is 0 Å². The molecule has 2 N–H and O–H groups in total. The monoisotopic (exact) mass is 382 g/mol. The summed E-state index contributed by atoms with van der Waals surface area (Å²) in [5.74, 6) is -0.582. The Morgan fingerprint density at radius 3 is 2.73 bits per heavy atom. The van der Waals surface area contributed by atoms with Crippen molar-refractivity contribution in [3.8, 4) is 0 Å². The van der Waals surface area contributed by atoms with Gasteiger partial charge in [-0.2, -0.15) is 4.31 Å². The van der Waals surface area contributed by atoms with Gasteiger partial charge in [0.1, 0.15) is 0 Å². The van der Waals surface area contributed by atoms with E-state index in [1.165, 1.54) is 4.31 Å². The molecule has 1 saturated heterocycles. The Kier molecular flexibility index (Phi) is 5.74. The van der Waals surface area contributed by atoms with Crippen molar-refractivity contribution in [1.82, 2.24) is 19.2 Å². The molecule has 1 aromatic carbocycles. The maximum Gasteiger partial charge on any atom is 0.326 e. The predicted octanol–water partition coefficient (Wildman–Crippen LogP) is -0.502. The Bertz CT molecular complexity index is 928. The fourth-order valence-corrected chi connectivity index (χ4v) is 4.31. The Balaban J connectivity index is 1.48. The number of hydrogen-bond donors (Lipinski definition) is 2. The second kappa shape index (κ2) is 8.02. The van der Waals surface area contributed by atoms with Gasteiger partial charge in [0.2, 0.25) is 15.9 Å². The fraction of sp³-hybridized carbons (Fsp3) is 0.500. The number of morpholine rings is 1. The number of nitrogens with zero attached hydrogens (tertiary/aromatic N) is 2. The first-order valence-electron chi connectivity index (χ1n) is 8.47. The molecule has 1 aliphatic heterocycles. The molecule has 142 valence electrons. The normalized spacial score (nSPS) is 16.0. The summed E-state index contributed by atoms with van der Waals surface area (Å²) in [6.07, 6.45) is -0.109. The van der Waals surface area contributed by atoms with Crippen LogP contribution in [0.4, 0.5) is 0 Å². The standard InChI is InChI=1S/C16H22N4O5S/c21-15(5-12-26(23,24)19-8-10-25-11-9-19)17-6-7-20-14-4-2-1-3-13(14)18-16(20)22/h1-4H,5-12H2,(H,17,21)(H,18,22). The molecule has 1 fully saturated rings. The van der Waals surface area contributed by atoms with Crippen LogP contribution < -0.4 is 11.0 Å². The molecule has 1 aromatic heterocycles. The fourth-order valence-electron chi connectivity index (χ4n) is 2.90. The summed E-state index contributed by atoms with van der Waals surface area (Å²) >= 11 is 0. The minimum atomic E-state index is -3.45. The molecule has 0 spiro atoms. The average Bonchev–Trinajstić information content (AvgIpc) is 2.96. The molecule has 0 radical (unpaired) electrons. The van der Waals surface area contributed by atoms with Crippen molar-refractivity contribution in [3.63, 3.8) is 0 Å². The van der Waals surface area contributed by atoms with Crippen molar-refractivity contribution in [2.24, 2.45) is 0 Å². The smallest absolute Gasteiger partial charge is 0.326 e. The summed E-state index contributed by atoms with van der Waals surface area (Å²) < 4.78 is 32.4. The third-order valence-corrected chi connectivity index (χ3v) is 6.16. The van der Waals surface area contributed by atoms with Gasteiger partial charge in [0, 0.05) is 32.6 Å². The number of rotatable bonds is 7. The quantitative estimate of drug-likeness (QED) is 0.670. The van der Waals surface area contributed by atoms with E-state index in [-0.39, 0.29) is 30.3 Å². The summed E-state index contributed by atoms with van der Waals surface area (Å²) in [6.45, 7) is 1.97. The number of hydrogen-bond acceptors (Lipinski definition) is 5. The van der Waals surface area contributed by atoms with E-state index in [2.05, 4.69) is 10.3 Å². The minimum absolute atomic E-state index is 0.109. The predicted molar refractivity (Wildman–Crippen MR) is 96.4 cm³/mol. The number of carbonyl (C=O) groups excluding carboxylic acids is 1. The van der Waals surface area contributed by atoms with Gasteiger partial charge < -0.3 is 15.0 Å². The van der Waals surface area contributed by atoms with Gasteiger partial charge in [0.15, 0.2) is 0 Å². The number of fused-ring (bicyclic) bond motifs is 1. The second-order valence-electron chi connectivity index (χ2n) is 6.03. The third kappa shape index (κ3) is 4.32. The summed E-state index contributed by atoms with van der Waals surface area (Å²) in [7, 11) is -3.45. The van der Waals surface area contributed by atoms with Crippen LogP contribution in [-0.4, -0.2) is 66.8 Å². The lowest BCUT2D eigenvalue weighted by atomic mass is 10.3. The topological polar surface area (TPSA) is 114 Å². The Hall–Kier alpha value is -2.17. The van der Waals surface area contributed by atoms with E-state index in [0.29, 0.717) is 32.8 Å². The van der Waals surface area contributed by atoms with E-state index in [4.69, 9.17) is 4.74 Å².